The average molecular weight is 455 g/mol. The molecule has 32 heavy (non-hydrogen) atoms. The minimum atomic E-state index is 0.225. The highest BCUT2D eigenvalue weighted by Crippen LogP contribution is 2.18. The van der Waals surface area contributed by atoms with Gasteiger partial charge in [-0.05, 0) is 24.1 Å². The van der Waals surface area contributed by atoms with Gasteiger partial charge in [0.25, 0.3) is 0 Å². The lowest BCUT2D eigenvalue weighted by Crippen LogP contribution is -2.59. The number of carbonyl (C=O) groups is 1. The van der Waals surface area contributed by atoms with Crippen molar-refractivity contribution in [2.75, 3.05) is 58.9 Å². The normalized spacial score (nSPS) is 20.3. The third-order valence-corrected chi connectivity index (χ3v) is 7.06. The van der Waals surface area contributed by atoms with Crippen molar-refractivity contribution in [3.63, 3.8) is 0 Å². The zero-order chi connectivity index (χ0) is 22.3. The molecule has 2 saturated heterocycles. The van der Waals surface area contributed by atoms with Gasteiger partial charge in [0.2, 0.25) is 0 Å². The van der Waals surface area contributed by atoms with Crippen LogP contribution in [0.5, 0.6) is 0 Å². The predicted molar refractivity (Wildman–Crippen MR) is 131 cm³/mol. The summed E-state index contributed by atoms with van der Waals surface area (Å²) in [5.41, 5.74) is 2.15. The molecule has 0 bridgehead atoms. The average Bonchev–Trinajstić information content (AvgIpc) is 2.84. The number of piperazine rings is 2. The highest BCUT2D eigenvalue weighted by molar-refractivity contribution is 6.30. The Balaban J connectivity index is 1.22. The lowest BCUT2D eigenvalue weighted by Gasteiger charge is -2.46. The smallest absolute Gasteiger partial charge is 0.176 e. The summed E-state index contributed by atoms with van der Waals surface area (Å²) in [6.45, 7) is 12.2. The maximum absolute atomic E-state index is 12.5. The minimum Gasteiger partial charge on any atom is -0.297 e. The first-order valence-electron chi connectivity index (χ1n) is 11.9. The molecule has 0 saturated carbocycles. The Morgan fingerprint density at radius 3 is 1.94 bits per heavy atom. The summed E-state index contributed by atoms with van der Waals surface area (Å²) in [7, 11) is 0. The van der Waals surface area contributed by atoms with E-state index in [0.717, 1.165) is 75.9 Å². The van der Waals surface area contributed by atoms with Crippen LogP contribution in [0.25, 0.3) is 0 Å². The quantitative estimate of drug-likeness (QED) is 0.567. The molecule has 5 nitrogen and oxygen atoms in total. The number of rotatable bonds is 8. The highest BCUT2D eigenvalue weighted by atomic mass is 35.5. The van der Waals surface area contributed by atoms with E-state index in [-0.39, 0.29) is 5.78 Å². The first-order valence-corrected chi connectivity index (χ1v) is 12.3. The van der Waals surface area contributed by atoms with Gasteiger partial charge in [0.15, 0.2) is 5.78 Å². The maximum Gasteiger partial charge on any atom is 0.176 e. The fourth-order valence-electron chi connectivity index (χ4n) is 4.95. The molecule has 2 aromatic carbocycles. The van der Waals surface area contributed by atoms with Crippen LogP contribution in [-0.2, 0) is 6.54 Å². The van der Waals surface area contributed by atoms with Gasteiger partial charge >= 0.3 is 0 Å². The lowest BCUT2D eigenvalue weighted by atomic mass is 10.1. The van der Waals surface area contributed by atoms with E-state index in [4.69, 9.17) is 11.6 Å². The van der Waals surface area contributed by atoms with Crippen molar-refractivity contribution in [2.45, 2.75) is 26.1 Å². The van der Waals surface area contributed by atoms with E-state index in [1.807, 2.05) is 42.5 Å². The van der Waals surface area contributed by atoms with Crippen LogP contribution >= 0.6 is 11.6 Å². The topological polar surface area (TPSA) is 30.0 Å². The Morgan fingerprint density at radius 2 is 1.38 bits per heavy atom. The van der Waals surface area contributed by atoms with Crippen molar-refractivity contribution < 1.29 is 4.79 Å². The fourth-order valence-corrected chi connectivity index (χ4v) is 5.08. The van der Waals surface area contributed by atoms with Gasteiger partial charge in [-0.15, -0.1) is 0 Å². The lowest BCUT2D eigenvalue weighted by molar-refractivity contribution is -0.0179. The zero-order valence-corrected chi connectivity index (χ0v) is 19.9. The second-order valence-electron chi connectivity index (χ2n) is 8.93. The molecule has 2 fully saturated rings. The molecule has 1 unspecified atom stereocenters. The van der Waals surface area contributed by atoms with Gasteiger partial charge in [-0.3, -0.25) is 24.4 Å². The molecule has 0 N–H and O–H groups in total. The summed E-state index contributed by atoms with van der Waals surface area (Å²) in [4.78, 5) is 22.7. The highest BCUT2D eigenvalue weighted by Gasteiger charge is 2.30. The molecule has 0 radical (unpaired) electrons. The molecule has 0 spiro atoms. The van der Waals surface area contributed by atoms with Crippen LogP contribution in [0, 0.1) is 0 Å². The summed E-state index contributed by atoms with van der Waals surface area (Å²) in [5.74, 6) is 0.225. The number of ketones is 1. The largest absolute Gasteiger partial charge is 0.297 e. The van der Waals surface area contributed by atoms with Gasteiger partial charge in [0.1, 0.15) is 0 Å². The minimum absolute atomic E-state index is 0.225. The Bertz CT molecular complexity index is 844. The molecule has 1 atom stereocenters. The number of carbonyl (C=O) groups excluding carboxylic acids is 1. The van der Waals surface area contributed by atoms with Gasteiger partial charge in [-0.1, -0.05) is 61.0 Å². The second-order valence-corrected chi connectivity index (χ2v) is 9.37. The van der Waals surface area contributed by atoms with Gasteiger partial charge in [-0.2, -0.15) is 0 Å². The van der Waals surface area contributed by atoms with Gasteiger partial charge in [-0.25, -0.2) is 0 Å². The SMILES string of the molecule is CCC(N1CCN(CC(=O)c2ccccc2)CC1)N1CCN(Cc2ccc(Cl)cc2)CC1. The first kappa shape index (κ1) is 23.4. The van der Waals surface area contributed by atoms with Crippen LogP contribution in [-0.4, -0.2) is 90.5 Å². The molecule has 2 heterocycles. The van der Waals surface area contributed by atoms with Crippen molar-refractivity contribution in [1.82, 2.24) is 19.6 Å². The number of hydrogen-bond acceptors (Lipinski definition) is 5. The van der Waals surface area contributed by atoms with Crippen molar-refractivity contribution in [1.29, 1.82) is 0 Å². The zero-order valence-electron chi connectivity index (χ0n) is 19.1. The monoisotopic (exact) mass is 454 g/mol. The summed E-state index contributed by atoms with van der Waals surface area (Å²) in [5, 5.41) is 0.800. The Hall–Kier alpha value is -1.76. The molecule has 2 aliphatic heterocycles. The third kappa shape index (κ3) is 6.18. The molecule has 172 valence electrons. The Morgan fingerprint density at radius 1 is 0.812 bits per heavy atom. The molecule has 2 aliphatic rings. The van der Waals surface area contributed by atoms with Gasteiger partial charge < -0.3 is 0 Å². The molecule has 6 heteroatoms. The van der Waals surface area contributed by atoms with Crippen LogP contribution in [0.1, 0.15) is 29.3 Å². The molecular weight excluding hydrogens is 420 g/mol. The molecule has 0 amide bonds. The Kier molecular flexibility index (Phi) is 8.33. The molecule has 2 aromatic rings. The van der Waals surface area contributed by atoms with E-state index in [1.165, 1.54) is 5.56 Å². The number of halogens is 1. The van der Waals surface area contributed by atoms with E-state index in [9.17, 15) is 4.79 Å². The first-order chi connectivity index (χ1) is 15.6. The third-order valence-electron chi connectivity index (χ3n) is 6.80. The number of benzene rings is 2. The molecule has 4 rings (SSSR count). The number of Topliss-reactive ketones (excluding diaryl/α,β-unsaturated/α-hetero) is 1. The number of hydrogen-bond donors (Lipinski definition) is 0. The van der Waals surface area contributed by atoms with Crippen LogP contribution < -0.4 is 0 Å². The van der Waals surface area contributed by atoms with Crippen LogP contribution in [0.15, 0.2) is 54.6 Å². The van der Waals surface area contributed by atoms with E-state index >= 15 is 0 Å². The fraction of sp³-hybridized carbons (Fsp3) is 0.500. The van der Waals surface area contributed by atoms with Crippen molar-refractivity contribution in [3.05, 3.63) is 70.7 Å². The Labute approximate surface area is 197 Å². The number of nitrogens with zero attached hydrogens (tertiary/aromatic N) is 4. The summed E-state index contributed by atoms with van der Waals surface area (Å²) >= 11 is 6.02. The second kappa shape index (κ2) is 11.4. The van der Waals surface area contributed by atoms with E-state index in [1.54, 1.807) is 0 Å². The summed E-state index contributed by atoms with van der Waals surface area (Å²) in [6.07, 6.45) is 1.64. The van der Waals surface area contributed by atoms with Crippen molar-refractivity contribution in [3.8, 4) is 0 Å². The van der Waals surface area contributed by atoms with Gasteiger partial charge in [0, 0.05) is 69.5 Å². The summed E-state index contributed by atoms with van der Waals surface area (Å²) in [6, 6.07) is 17.9. The van der Waals surface area contributed by atoms with E-state index in [2.05, 4.69) is 38.7 Å². The molecular formula is C26H35ClN4O. The van der Waals surface area contributed by atoms with E-state index in [0.29, 0.717) is 12.7 Å². The van der Waals surface area contributed by atoms with Crippen LogP contribution in [0.2, 0.25) is 5.02 Å². The maximum atomic E-state index is 12.5. The van der Waals surface area contributed by atoms with Crippen molar-refractivity contribution in [2.24, 2.45) is 0 Å². The van der Waals surface area contributed by atoms with Gasteiger partial charge in [0.05, 0.1) is 12.7 Å². The summed E-state index contributed by atoms with van der Waals surface area (Å²) < 4.78 is 0. The van der Waals surface area contributed by atoms with E-state index < -0.39 is 0 Å². The van der Waals surface area contributed by atoms with Crippen LogP contribution in [0.3, 0.4) is 0 Å². The molecule has 0 aliphatic carbocycles. The van der Waals surface area contributed by atoms with Crippen molar-refractivity contribution >= 4 is 17.4 Å². The molecule has 0 aromatic heterocycles. The standard InChI is InChI=1S/C26H35ClN4O/c1-2-26(30-16-12-28(13-17-30)20-22-8-10-24(27)11-9-22)31-18-14-29(15-19-31)21-25(32)23-6-4-3-5-7-23/h3-11,26H,2,12-21H2,1H3. The van der Waals surface area contributed by atoms with Crippen LogP contribution in [0.4, 0.5) is 0 Å². The predicted octanol–water partition coefficient (Wildman–Crippen LogP) is 3.69.